The SMILES string of the molecule is CC(O)C(=O)O.CC(O)C(=O)O.[Na+].[O]=[Zr]. The average molecular weight is 310 g/mol. The normalized spacial score (nSPS) is 11.1. The molecule has 0 aliphatic heterocycles. The fraction of sp³-hybridized carbons (Fsp3) is 0.667. The van der Waals surface area contributed by atoms with Crippen LogP contribution in [0, 0.1) is 0 Å². The third-order valence-electron chi connectivity index (χ3n) is 0.715. The Morgan fingerprint density at radius 3 is 1.00 bits per heavy atom. The van der Waals surface area contributed by atoms with Crippen molar-refractivity contribution in [2.24, 2.45) is 0 Å². The Hall–Kier alpha value is 0.543. The number of aliphatic hydroxyl groups excluding tert-OH is 2. The summed E-state index contributed by atoms with van der Waals surface area (Å²) in [7, 11) is 0. The van der Waals surface area contributed by atoms with Crippen molar-refractivity contribution in [3.8, 4) is 0 Å². The van der Waals surface area contributed by atoms with Gasteiger partial charge in [-0.1, -0.05) is 0 Å². The van der Waals surface area contributed by atoms with E-state index in [0.717, 1.165) is 0 Å². The summed E-state index contributed by atoms with van der Waals surface area (Å²) in [5.74, 6) is -2.37. The molecule has 0 bridgehead atoms. The first kappa shape index (κ1) is 24.7. The van der Waals surface area contributed by atoms with Gasteiger partial charge in [-0.2, -0.15) is 0 Å². The number of aliphatic hydroxyl groups is 2. The van der Waals surface area contributed by atoms with Gasteiger partial charge in [0.05, 0.1) is 0 Å². The van der Waals surface area contributed by atoms with Gasteiger partial charge >= 0.3 is 69.0 Å². The molecule has 9 heteroatoms. The van der Waals surface area contributed by atoms with Crippen molar-refractivity contribution in [1.29, 1.82) is 0 Å². The summed E-state index contributed by atoms with van der Waals surface area (Å²) in [6.45, 7) is 2.39. The van der Waals surface area contributed by atoms with Crippen LogP contribution in [0.2, 0.25) is 0 Å². The fourth-order valence-corrected chi connectivity index (χ4v) is 0. The van der Waals surface area contributed by atoms with Crippen LogP contribution in [0.5, 0.6) is 0 Å². The van der Waals surface area contributed by atoms with Crippen molar-refractivity contribution in [3.63, 3.8) is 0 Å². The van der Waals surface area contributed by atoms with Gasteiger partial charge in [0.25, 0.3) is 0 Å². The zero-order chi connectivity index (χ0) is 12.3. The van der Waals surface area contributed by atoms with Gasteiger partial charge in [0.15, 0.2) is 0 Å². The van der Waals surface area contributed by atoms with E-state index in [1.807, 2.05) is 0 Å². The molecule has 0 aromatic carbocycles. The fourth-order valence-electron chi connectivity index (χ4n) is 0. The van der Waals surface area contributed by atoms with Crippen molar-refractivity contribution in [2.45, 2.75) is 26.1 Å². The second kappa shape index (κ2) is 17.0. The van der Waals surface area contributed by atoms with Gasteiger partial charge in [-0.15, -0.1) is 0 Å². The molecule has 0 radical (unpaired) electrons. The molecule has 0 rings (SSSR count). The number of hydrogen-bond donors (Lipinski definition) is 4. The van der Waals surface area contributed by atoms with Crippen LogP contribution in [0.3, 0.4) is 0 Å². The van der Waals surface area contributed by atoms with Gasteiger partial charge in [-0.25, -0.2) is 9.59 Å². The number of rotatable bonds is 2. The molecule has 2 atom stereocenters. The van der Waals surface area contributed by atoms with Crippen molar-refractivity contribution < 1.29 is 87.1 Å². The van der Waals surface area contributed by atoms with E-state index in [9.17, 15) is 9.59 Å². The van der Waals surface area contributed by atoms with Crippen LogP contribution < -0.4 is 29.6 Å². The molecule has 0 saturated heterocycles. The van der Waals surface area contributed by atoms with Gasteiger partial charge in [-0.05, 0) is 13.8 Å². The number of carbonyl (C=O) groups is 2. The van der Waals surface area contributed by atoms with Crippen molar-refractivity contribution >= 4 is 11.9 Å². The molecule has 15 heavy (non-hydrogen) atoms. The first-order valence-corrected chi connectivity index (χ1v) is 4.31. The first-order chi connectivity index (χ1) is 6.29. The number of carboxylic acids is 2. The summed E-state index contributed by atoms with van der Waals surface area (Å²) in [4.78, 5) is 18.9. The van der Waals surface area contributed by atoms with Crippen molar-refractivity contribution in [3.05, 3.63) is 0 Å². The second-order valence-corrected chi connectivity index (χ2v) is 2.03. The number of aliphatic carboxylic acids is 2. The zero-order valence-corrected chi connectivity index (χ0v) is 13.1. The topological polar surface area (TPSA) is 132 Å². The summed E-state index contributed by atoms with van der Waals surface area (Å²) in [6.07, 6.45) is -2.46. The van der Waals surface area contributed by atoms with Crippen molar-refractivity contribution in [2.75, 3.05) is 0 Å². The molecule has 0 amide bonds. The van der Waals surface area contributed by atoms with E-state index in [1.54, 1.807) is 0 Å². The summed E-state index contributed by atoms with van der Waals surface area (Å²) < 4.78 is 8.34. The van der Waals surface area contributed by atoms with Gasteiger partial charge in [0, 0.05) is 0 Å². The van der Waals surface area contributed by atoms with Crippen molar-refractivity contribution in [1.82, 2.24) is 0 Å². The Morgan fingerprint density at radius 2 is 1.00 bits per heavy atom. The molecule has 0 aliphatic carbocycles. The third kappa shape index (κ3) is 31.3. The Labute approximate surface area is 124 Å². The molecule has 0 spiro atoms. The maximum absolute atomic E-state index is 9.45. The molecule has 7 nitrogen and oxygen atoms in total. The summed E-state index contributed by atoms with van der Waals surface area (Å²) in [5, 5.41) is 31.5. The zero-order valence-electron chi connectivity index (χ0n) is 8.67. The molecule has 2 unspecified atom stereocenters. The standard InChI is InChI=1S/2C3H6O3.Na.O.Zr/c2*1-2(4)3(5)6;;;/h2*2,4H,1H3,(H,5,6);;;/q;;+1;;. The van der Waals surface area contributed by atoms with Crippen LogP contribution in [0.4, 0.5) is 0 Å². The molecule has 0 aromatic rings. The Kier molecular flexibility index (Phi) is 27.9. The molecular formula is C6H12NaO7Zr+. The van der Waals surface area contributed by atoms with E-state index in [2.05, 4.69) is 0 Å². The minimum atomic E-state index is -1.23. The Bertz CT molecular complexity index is 155. The minimum absolute atomic E-state index is 0. The Balaban J connectivity index is -0.0000000653. The van der Waals surface area contributed by atoms with E-state index in [4.69, 9.17) is 23.2 Å². The van der Waals surface area contributed by atoms with Gasteiger partial charge in [0.2, 0.25) is 0 Å². The monoisotopic (exact) mass is 309 g/mol. The van der Waals surface area contributed by atoms with Crippen LogP contribution in [0.1, 0.15) is 13.8 Å². The quantitative estimate of drug-likeness (QED) is 0.380. The summed E-state index contributed by atoms with van der Waals surface area (Å²) >= 11 is 0.300. The molecule has 0 aliphatic rings. The molecule has 0 saturated carbocycles. The van der Waals surface area contributed by atoms with Crippen LogP contribution in [0.15, 0.2) is 0 Å². The molecule has 82 valence electrons. The van der Waals surface area contributed by atoms with Crippen LogP contribution in [-0.4, -0.2) is 44.6 Å². The van der Waals surface area contributed by atoms with Crippen LogP contribution >= 0.6 is 0 Å². The van der Waals surface area contributed by atoms with E-state index in [-0.39, 0.29) is 29.6 Å². The third-order valence-corrected chi connectivity index (χ3v) is 0.715. The number of hydrogen-bond acceptors (Lipinski definition) is 5. The molecule has 0 aromatic heterocycles. The molecule has 0 heterocycles. The predicted molar refractivity (Wildman–Crippen MR) is 39.3 cm³/mol. The van der Waals surface area contributed by atoms with Crippen LogP contribution in [0.25, 0.3) is 0 Å². The van der Waals surface area contributed by atoms with Gasteiger partial charge in [0.1, 0.15) is 12.2 Å². The summed E-state index contributed by atoms with van der Waals surface area (Å²) in [6, 6.07) is 0. The molecule has 4 N–H and O–H groups in total. The second-order valence-electron chi connectivity index (χ2n) is 2.03. The van der Waals surface area contributed by atoms with E-state index in [0.29, 0.717) is 24.7 Å². The van der Waals surface area contributed by atoms with Gasteiger partial charge < -0.3 is 20.4 Å². The molecule has 0 fully saturated rings. The van der Waals surface area contributed by atoms with E-state index in [1.165, 1.54) is 13.8 Å². The first-order valence-electron chi connectivity index (χ1n) is 3.31. The van der Waals surface area contributed by atoms with E-state index >= 15 is 0 Å². The van der Waals surface area contributed by atoms with Crippen LogP contribution in [-0.2, 0) is 37.1 Å². The molecular weight excluding hydrogens is 298 g/mol. The summed E-state index contributed by atoms with van der Waals surface area (Å²) in [5.41, 5.74) is 0. The van der Waals surface area contributed by atoms with E-state index < -0.39 is 24.1 Å². The maximum atomic E-state index is 9.45. The van der Waals surface area contributed by atoms with Gasteiger partial charge in [-0.3, -0.25) is 0 Å². The predicted octanol–water partition coefficient (Wildman–Crippen LogP) is -4.21. The Morgan fingerprint density at radius 1 is 0.933 bits per heavy atom. The number of carboxylic acid groups (broad SMARTS) is 2. The average Bonchev–Trinajstić information content (AvgIpc) is 2.08.